The van der Waals surface area contributed by atoms with Crippen LogP contribution >= 0.6 is 11.6 Å². The molecule has 108 valence electrons. The van der Waals surface area contributed by atoms with Gasteiger partial charge in [-0.25, -0.2) is 13.8 Å². The molecule has 1 amide bonds. The Labute approximate surface area is 119 Å². The minimum absolute atomic E-state index is 0.0803. The number of benzene rings is 1. The monoisotopic (exact) mass is 301 g/mol. The van der Waals surface area contributed by atoms with Crippen LogP contribution in [-0.4, -0.2) is 22.0 Å². The lowest BCUT2D eigenvalue weighted by Gasteiger charge is -2.10. The molecule has 0 saturated heterocycles. The van der Waals surface area contributed by atoms with Gasteiger partial charge in [0.2, 0.25) is 5.91 Å². The lowest BCUT2D eigenvalue weighted by molar-refractivity contribution is -0.118. The number of carbonyl (C=O) groups is 1. The highest BCUT2D eigenvalue weighted by Crippen LogP contribution is 2.26. The predicted molar refractivity (Wildman–Crippen MR) is 72.6 cm³/mol. The molecule has 2 aromatic rings. The maximum atomic E-state index is 13.7. The standard InChI is InChI=1S/C13H14ClF2N3O/c1-7(14)13-18-12-10(16)5-9(15)6-11(12)19(13)4-3-17-8(2)20/h5-7H,3-4H2,1-2H3,(H,17,20). The molecule has 0 saturated carbocycles. The molecule has 7 heteroatoms. The van der Waals surface area contributed by atoms with Crippen molar-refractivity contribution in [3.05, 3.63) is 29.6 Å². The zero-order valence-electron chi connectivity index (χ0n) is 11.1. The number of hydrogen-bond acceptors (Lipinski definition) is 2. The molecule has 0 radical (unpaired) electrons. The Morgan fingerprint density at radius 3 is 2.80 bits per heavy atom. The van der Waals surface area contributed by atoms with E-state index in [1.807, 2.05) is 0 Å². The molecular weight excluding hydrogens is 288 g/mol. The van der Waals surface area contributed by atoms with E-state index in [0.29, 0.717) is 24.4 Å². The van der Waals surface area contributed by atoms with Crippen molar-refractivity contribution in [3.8, 4) is 0 Å². The molecule has 1 atom stereocenters. The second-order valence-electron chi connectivity index (χ2n) is 4.48. The van der Waals surface area contributed by atoms with Gasteiger partial charge >= 0.3 is 0 Å². The third-order valence-electron chi connectivity index (χ3n) is 2.87. The second-order valence-corrected chi connectivity index (χ2v) is 5.13. The van der Waals surface area contributed by atoms with Crippen molar-refractivity contribution in [2.75, 3.05) is 6.54 Å². The van der Waals surface area contributed by atoms with Gasteiger partial charge in [0.05, 0.1) is 10.9 Å². The van der Waals surface area contributed by atoms with Gasteiger partial charge in [-0.05, 0) is 13.0 Å². The first-order valence-electron chi connectivity index (χ1n) is 6.14. The van der Waals surface area contributed by atoms with Crippen LogP contribution in [0.1, 0.15) is 25.0 Å². The molecular formula is C13H14ClF2N3O. The van der Waals surface area contributed by atoms with Crippen LogP contribution in [-0.2, 0) is 11.3 Å². The van der Waals surface area contributed by atoms with Crippen molar-refractivity contribution in [2.45, 2.75) is 25.8 Å². The van der Waals surface area contributed by atoms with Gasteiger partial charge in [-0.1, -0.05) is 0 Å². The Balaban J connectivity index is 2.47. The smallest absolute Gasteiger partial charge is 0.216 e. The van der Waals surface area contributed by atoms with Gasteiger partial charge in [0.25, 0.3) is 0 Å². The number of aromatic nitrogens is 2. The molecule has 0 bridgehead atoms. The number of imidazole rings is 1. The first-order chi connectivity index (χ1) is 9.40. The fraction of sp³-hybridized carbons (Fsp3) is 0.385. The number of nitrogens with one attached hydrogen (secondary N) is 1. The summed E-state index contributed by atoms with van der Waals surface area (Å²) >= 11 is 6.03. The molecule has 1 unspecified atom stereocenters. The number of nitrogens with zero attached hydrogens (tertiary/aromatic N) is 2. The summed E-state index contributed by atoms with van der Waals surface area (Å²) in [7, 11) is 0. The molecule has 0 aliphatic rings. The van der Waals surface area contributed by atoms with E-state index in [2.05, 4.69) is 10.3 Å². The maximum Gasteiger partial charge on any atom is 0.216 e. The second kappa shape index (κ2) is 5.75. The minimum atomic E-state index is -0.725. The fourth-order valence-corrected chi connectivity index (χ4v) is 2.22. The highest BCUT2D eigenvalue weighted by atomic mass is 35.5. The van der Waals surface area contributed by atoms with Gasteiger partial charge in [0.1, 0.15) is 17.2 Å². The quantitative estimate of drug-likeness (QED) is 0.883. The van der Waals surface area contributed by atoms with Crippen molar-refractivity contribution in [1.82, 2.24) is 14.9 Å². The molecule has 4 nitrogen and oxygen atoms in total. The fourth-order valence-electron chi connectivity index (χ4n) is 2.05. The van der Waals surface area contributed by atoms with E-state index in [1.54, 1.807) is 11.5 Å². The van der Waals surface area contributed by atoms with E-state index in [-0.39, 0.29) is 11.4 Å². The molecule has 1 N–H and O–H groups in total. The molecule has 1 aromatic heterocycles. The zero-order valence-corrected chi connectivity index (χ0v) is 11.8. The third kappa shape index (κ3) is 2.90. The summed E-state index contributed by atoms with van der Waals surface area (Å²) in [5, 5.41) is 2.17. The van der Waals surface area contributed by atoms with Gasteiger partial charge in [-0.3, -0.25) is 4.79 Å². The van der Waals surface area contributed by atoms with Gasteiger partial charge in [-0.2, -0.15) is 0 Å². The first-order valence-corrected chi connectivity index (χ1v) is 6.57. The SMILES string of the molecule is CC(=O)NCCn1c(C(C)Cl)nc2c(F)cc(F)cc21. The van der Waals surface area contributed by atoms with Gasteiger partial charge in [0.15, 0.2) is 5.82 Å². The van der Waals surface area contributed by atoms with Crippen molar-refractivity contribution in [3.63, 3.8) is 0 Å². The third-order valence-corrected chi connectivity index (χ3v) is 3.06. The number of alkyl halides is 1. The molecule has 0 aliphatic heterocycles. The average molecular weight is 302 g/mol. The zero-order chi connectivity index (χ0) is 14.9. The van der Waals surface area contributed by atoms with E-state index in [9.17, 15) is 13.6 Å². The van der Waals surface area contributed by atoms with Crippen LogP contribution in [0.5, 0.6) is 0 Å². The van der Waals surface area contributed by atoms with Crippen LogP contribution in [0.2, 0.25) is 0 Å². The van der Waals surface area contributed by atoms with Crippen LogP contribution in [0.4, 0.5) is 8.78 Å². The van der Waals surface area contributed by atoms with Gasteiger partial charge < -0.3 is 9.88 Å². The highest BCUT2D eigenvalue weighted by molar-refractivity contribution is 6.20. The van der Waals surface area contributed by atoms with Crippen LogP contribution in [0.3, 0.4) is 0 Å². The number of amides is 1. The number of halogens is 3. The molecule has 2 rings (SSSR count). The normalized spacial score (nSPS) is 12.7. The largest absolute Gasteiger partial charge is 0.355 e. The average Bonchev–Trinajstić information content (AvgIpc) is 2.68. The summed E-state index contributed by atoms with van der Waals surface area (Å²) in [6.45, 7) is 3.77. The topological polar surface area (TPSA) is 46.9 Å². The Morgan fingerprint density at radius 2 is 2.20 bits per heavy atom. The lowest BCUT2D eigenvalue weighted by atomic mass is 10.3. The van der Waals surface area contributed by atoms with Crippen molar-refractivity contribution in [1.29, 1.82) is 0 Å². The molecule has 1 aromatic carbocycles. The maximum absolute atomic E-state index is 13.7. The molecule has 0 spiro atoms. The molecule has 0 aliphatic carbocycles. The van der Waals surface area contributed by atoms with E-state index in [1.165, 1.54) is 13.0 Å². The summed E-state index contributed by atoms with van der Waals surface area (Å²) in [5.41, 5.74) is 0.409. The Hall–Kier alpha value is -1.69. The number of hydrogen-bond donors (Lipinski definition) is 1. The van der Waals surface area contributed by atoms with Crippen molar-refractivity contribution in [2.24, 2.45) is 0 Å². The van der Waals surface area contributed by atoms with E-state index >= 15 is 0 Å². The summed E-state index contributed by atoms with van der Waals surface area (Å²) < 4.78 is 28.7. The molecule has 20 heavy (non-hydrogen) atoms. The van der Waals surface area contributed by atoms with Gasteiger partial charge in [-0.15, -0.1) is 11.6 Å². The molecule has 0 fully saturated rings. The van der Waals surface area contributed by atoms with Crippen LogP contribution in [0, 0.1) is 11.6 Å². The highest BCUT2D eigenvalue weighted by Gasteiger charge is 2.18. The first kappa shape index (κ1) is 14.7. The Bertz CT molecular complexity index is 655. The number of carbonyl (C=O) groups excluding carboxylic acids is 1. The Morgan fingerprint density at radius 1 is 1.50 bits per heavy atom. The number of fused-ring (bicyclic) bond motifs is 1. The summed E-state index contributed by atoms with van der Waals surface area (Å²) in [6.07, 6.45) is 0. The predicted octanol–water partition coefficient (Wildman–Crippen LogP) is 2.75. The van der Waals surface area contributed by atoms with E-state index < -0.39 is 17.0 Å². The Kier molecular flexibility index (Phi) is 4.23. The summed E-state index contributed by atoms with van der Waals surface area (Å²) in [6, 6.07) is 2.00. The van der Waals surface area contributed by atoms with Crippen LogP contribution in [0.15, 0.2) is 12.1 Å². The van der Waals surface area contributed by atoms with Crippen LogP contribution < -0.4 is 5.32 Å². The summed E-state index contributed by atoms with van der Waals surface area (Å²) in [5.74, 6) is -1.13. The van der Waals surface area contributed by atoms with E-state index in [0.717, 1.165) is 6.07 Å². The van der Waals surface area contributed by atoms with Crippen molar-refractivity contribution >= 4 is 28.5 Å². The van der Waals surface area contributed by atoms with Gasteiger partial charge in [0, 0.05) is 26.1 Å². The summed E-state index contributed by atoms with van der Waals surface area (Å²) in [4.78, 5) is 15.0. The number of rotatable bonds is 4. The van der Waals surface area contributed by atoms with Crippen LogP contribution in [0.25, 0.3) is 11.0 Å². The minimum Gasteiger partial charge on any atom is -0.355 e. The molecule has 1 heterocycles. The van der Waals surface area contributed by atoms with E-state index in [4.69, 9.17) is 11.6 Å². The van der Waals surface area contributed by atoms with Crippen molar-refractivity contribution < 1.29 is 13.6 Å². The lowest BCUT2D eigenvalue weighted by Crippen LogP contribution is -2.25.